The highest BCUT2D eigenvalue weighted by Crippen LogP contribution is 2.40. The number of hydrogen-bond acceptors (Lipinski definition) is 3. The zero-order valence-electron chi connectivity index (χ0n) is 16.4. The fourth-order valence-electron chi connectivity index (χ4n) is 4.16. The molecule has 1 heterocycles. The Balaban J connectivity index is 1.56. The van der Waals surface area contributed by atoms with Crippen molar-refractivity contribution in [3.63, 3.8) is 0 Å². The Morgan fingerprint density at radius 3 is 2.33 bits per heavy atom. The average molecular weight is 391 g/mol. The second kappa shape index (κ2) is 7.91. The third-order valence-corrected chi connectivity index (χ3v) is 5.61. The SMILES string of the molecule is O=C1C=C(/C=C/c2ccccc2)C[C@H](c2ccccc2)[C@@H]1n1nnc2ccccc21. The number of hydrogen-bond donors (Lipinski definition) is 0. The lowest BCUT2D eigenvalue weighted by atomic mass is 9.79. The normalized spacial score (nSPS) is 19.3. The lowest BCUT2D eigenvalue weighted by molar-refractivity contribution is -0.118. The topological polar surface area (TPSA) is 47.8 Å². The predicted octanol–water partition coefficient (Wildman–Crippen LogP) is 5.37. The van der Waals surface area contributed by atoms with Gasteiger partial charge in [-0.1, -0.05) is 90.2 Å². The summed E-state index contributed by atoms with van der Waals surface area (Å²) in [6, 6.07) is 27.7. The van der Waals surface area contributed by atoms with Gasteiger partial charge in [0.15, 0.2) is 5.78 Å². The van der Waals surface area contributed by atoms with E-state index in [1.807, 2.05) is 60.7 Å². The lowest BCUT2D eigenvalue weighted by Gasteiger charge is -2.30. The summed E-state index contributed by atoms with van der Waals surface area (Å²) in [7, 11) is 0. The number of ketones is 1. The van der Waals surface area contributed by atoms with Gasteiger partial charge < -0.3 is 0 Å². The molecule has 3 aromatic carbocycles. The van der Waals surface area contributed by atoms with E-state index in [1.54, 1.807) is 10.8 Å². The molecule has 1 aromatic heterocycles. The summed E-state index contributed by atoms with van der Waals surface area (Å²) in [5.74, 6) is 0.0442. The number of carbonyl (C=O) groups is 1. The molecule has 2 atom stereocenters. The lowest BCUT2D eigenvalue weighted by Crippen LogP contribution is -2.29. The number of carbonyl (C=O) groups excluding carboxylic acids is 1. The van der Waals surface area contributed by atoms with Crippen LogP contribution < -0.4 is 0 Å². The molecule has 30 heavy (non-hydrogen) atoms. The zero-order valence-corrected chi connectivity index (χ0v) is 16.4. The van der Waals surface area contributed by atoms with E-state index >= 15 is 0 Å². The number of para-hydroxylation sites is 1. The molecule has 4 aromatic rings. The van der Waals surface area contributed by atoms with Crippen LogP contribution in [0.5, 0.6) is 0 Å². The van der Waals surface area contributed by atoms with E-state index in [2.05, 4.69) is 46.7 Å². The largest absolute Gasteiger partial charge is 0.292 e. The summed E-state index contributed by atoms with van der Waals surface area (Å²) in [5.41, 5.74) is 4.96. The fraction of sp³-hybridized carbons (Fsp3) is 0.115. The molecule has 1 aliphatic carbocycles. The Hall–Kier alpha value is -3.79. The molecular formula is C26H21N3O. The molecule has 0 bridgehead atoms. The zero-order chi connectivity index (χ0) is 20.3. The van der Waals surface area contributed by atoms with E-state index in [0.29, 0.717) is 0 Å². The summed E-state index contributed by atoms with van der Waals surface area (Å²) in [6.45, 7) is 0. The first-order chi connectivity index (χ1) is 14.8. The summed E-state index contributed by atoms with van der Waals surface area (Å²) in [5, 5.41) is 8.64. The van der Waals surface area contributed by atoms with Gasteiger partial charge in [0.25, 0.3) is 0 Å². The standard InChI is InChI=1S/C26H21N3O/c30-25-18-20(16-15-19-9-3-1-4-10-19)17-22(21-11-5-2-6-12-21)26(25)29-24-14-8-7-13-23(24)27-28-29/h1-16,18,22,26H,17H2/b16-15+/t22-,26+/m1/s1. The van der Waals surface area contributed by atoms with Gasteiger partial charge in [0.1, 0.15) is 11.6 Å². The van der Waals surface area contributed by atoms with E-state index in [9.17, 15) is 4.79 Å². The second-order valence-electron chi connectivity index (χ2n) is 7.55. The van der Waals surface area contributed by atoms with Crippen LogP contribution in [0.25, 0.3) is 17.1 Å². The van der Waals surface area contributed by atoms with Crippen molar-refractivity contribution in [1.29, 1.82) is 0 Å². The molecule has 0 saturated heterocycles. The van der Waals surface area contributed by atoms with Crippen molar-refractivity contribution >= 4 is 22.9 Å². The van der Waals surface area contributed by atoms with Crippen molar-refractivity contribution in [2.24, 2.45) is 0 Å². The molecule has 1 aliphatic rings. The number of aromatic nitrogens is 3. The van der Waals surface area contributed by atoms with E-state index < -0.39 is 6.04 Å². The van der Waals surface area contributed by atoms with Crippen molar-refractivity contribution in [3.05, 3.63) is 114 Å². The molecule has 4 heteroatoms. The molecule has 4 nitrogen and oxygen atoms in total. The number of nitrogens with zero attached hydrogens (tertiary/aromatic N) is 3. The molecule has 0 aliphatic heterocycles. The van der Waals surface area contributed by atoms with E-state index in [-0.39, 0.29) is 11.7 Å². The molecule has 0 spiro atoms. The first-order valence-electron chi connectivity index (χ1n) is 10.1. The van der Waals surface area contributed by atoms with E-state index in [0.717, 1.165) is 34.2 Å². The van der Waals surface area contributed by atoms with Gasteiger partial charge in [-0.3, -0.25) is 4.79 Å². The van der Waals surface area contributed by atoms with Gasteiger partial charge in [0.2, 0.25) is 0 Å². The van der Waals surface area contributed by atoms with Crippen LogP contribution in [0, 0.1) is 0 Å². The first-order valence-corrected chi connectivity index (χ1v) is 10.1. The molecule has 0 amide bonds. The van der Waals surface area contributed by atoms with Gasteiger partial charge in [-0.2, -0.15) is 0 Å². The smallest absolute Gasteiger partial charge is 0.181 e. The van der Waals surface area contributed by atoms with Crippen molar-refractivity contribution in [1.82, 2.24) is 15.0 Å². The Morgan fingerprint density at radius 2 is 1.53 bits per heavy atom. The number of rotatable bonds is 4. The third kappa shape index (κ3) is 3.48. The van der Waals surface area contributed by atoms with Gasteiger partial charge in [0, 0.05) is 5.92 Å². The van der Waals surface area contributed by atoms with Gasteiger partial charge in [-0.05, 0) is 41.3 Å². The Morgan fingerprint density at radius 1 is 0.833 bits per heavy atom. The van der Waals surface area contributed by atoms with Crippen molar-refractivity contribution < 1.29 is 4.79 Å². The van der Waals surface area contributed by atoms with Crippen molar-refractivity contribution in [3.8, 4) is 0 Å². The molecule has 5 rings (SSSR count). The maximum atomic E-state index is 13.3. The number of benzene rings is 3. The van der Waals surface area contributed by atoms with Gasteiger partial charge in [0.05, 0.1) is 5.52 Å². The van der Waals surface area contributed by atoms with Gasteiger partial charge >= 0.3 is 0 Å². The van der Waals surface area contributed by atoms with Crippen molar-refractivity contribution in [2.45, 2.75) is 18.4 Å². The molecule has 0 saturated carbocycles. The third-order valence-electron chi connectivity index (χ3n) is 5.61. The van der Waals surface area contributed by atoms with Crippen LogP contribution in [0.3, 0.4) is 0 Å². The first kappa shape index (κ1) is 18.3. The maximum absolute atomic E-state index is 13.3. The summed E-state index contributed by atoms with van der Waals surface area (Å²) in [4.78, 5) is 13.3. The van der Waals surface area contributed by atoms with E-state index in [1.165, 1.54) is 0 Å². The Kier molecular flexibility index (Phi) is 4.81. The number of fused-ring (bicyclic) bond motifs is 1. The van der Waals surface area contributed by atoms with Crippen LogP contribution in [0.4, 0.5) is 0 Å². The molecule has 146 valence electrons. The fourth-order valence-corrected chi connectivity index (χ4v) is 4.16. The predicted molar refractivity (Wildman–Crippen MR) is 119 cm³/mol. The summed E-state index contributed by atoms with van der Waals surface area (Å²) < 4.78 is 1.80. The van der Waals surface area contributed by atoms with Gasteiger partial charge in [-0.25, -0.2) is 4.68 Å². The van der Waals surface area contributed by atoms with Gasteiger partial charge in [-0.15, -0.1) is 5.10 Å². The van der Waals surface area contributed by atoms with Crippen LogP contribution in [0.2, 0.25) is 0 Å². The molecular weight excluding hydrogens is 370 g/mol. The maximum Gasteiger partial charge on any atom is 0.181 e. The van der Waals surface area contributed by atoms with Crippen LogP contribution in [0.15, 0.2) is 103 Å². The summed E-state index contributed by atoms with van der Waals surface area (Å²) >= 11 is 0. The van der Waals surface area contributed by atoms with Crippen LogP contribution in [-0.2, 0) is 4.79 Å². The highest BCUT2D eigenvalue weighted by Gasteiger charge is 2.35. The minimum Gasteiger partial charge on any atom is -0.292 e. The van der Waals surface area contributed by atoms with Crippen LogP contribution in [-0.4, -0.2) is 20.8 Å². The Labute approximate surface area is 175 Å². The van der Waals surface area contributed by atoms with Crippen molar-refractivity contribution in [2.75, 3.05) is 0 Å². The van der Waals surface area contributed by atoms with Crippen LogP contribution >= 0.6 is 0 Å². The van der Waals surface area contributed by atoms with E-state index in [4.69, 9.17) is 0 Å². The quantitative estimate of drug-likeness (QED) is 0.470. The second-order valence-corrected chi connectivity index (χ2v) is 7.55. The molecule has 0 N–H and O–H groups in total. The number of allylic oxidation sites excluding steroid dienone is 3. The average Bonchev–Trinajstić information content (AvgIpc) is 3.22. The minimum absolute atomic E-state index is 0.00997. The minimum atomic E-state index is -0.409. The monoisotopic (exact) mass is 391 g/mol. The Bertz CT molecular complexity index is 1240. The molecule has 0 unspecified atom stereocenters. The summed E-state index contributed by atoms with van der Waals surface area (Å²) in [6.07, 6.45) is 6.64. The molecule has 0 fully saturated rings. The van der Waals surface area contributed by atoms with Crippen LogP contribution in [0.1, 0.15) is 29.5 Å². The highest BCUT2D eigenvalue weighted by atomic mass is 16.1. The molecule has 0 radical (unpaired) electrons. The highest BCUT2D eigenvalue weighted by molar-refractivity contribution is 5.97.